The third-order valence-electron chi connectivity index (χ3n) is 3.93. The summed E-state index contributed by atoms with van der Waals surface area (Å²) in [7, 11) is -2.37. The van der Waals surface area contributed by atoms with Gasteiger partial charge in [0, 0.05) is 36.7 Å². The monoisotopic (exact) mass is 463 g/mol. The molecule has 0 bridgehead atoms. The van der Waals surface area contributed by atoms with Gasteiger partial charge in [-0.2, -0.15) is 9.40 Å². The number of aromatic nitrogens is 3. The van der Waals surface area contributed by atoms with Crippen LogP contribution in [0.1, 0.15) is 5.56 Å². The van der Waals surface area contributed by atoms with Crippen molar-refractivity contribution < 1.29 is 13.2 Å². The van der Waals surface area contributed by atoms with Crippen LogP contribution in [-0.2, 0) is 21.4 Å². The molecule has 3 aromatic rings. The largest absolute Gasteiger partial charge is 0.351 e. The molecular weight excluding hydrogens is 446 g/mol. The van der Waals surface area contributed by atoms with E-state index in [0.29, 0.717) is 5.82 Å². The van der Waals surface area contributed by atoms with Gasteiger partial charge in [0.2, 0.25) is 15.9 Å². The zero-order chi connectivity index (χ0) is 20.1. The van der Waals surface area contributed by atoms with Crippen LogP contribution in [0, 0.1) is 0 Å². The third-order valence-corrected chi connectivity index (χ3v) is 6.27. The lowest BCUT2D eigenvalue weighted by Gasteiger charge is -2.17. The van der Waals surface area contributed by atoms with E-state index >= 15 is 0 Å². The Bertz CT molecular complexity index is 1050. The van der Waals surface area contributed by atoms with Crippen LogP contribution in [0.25, 0.3) is 5.82 Å². The fraction of sp³-hybridized carbons (Fsp3) is 0.167. The van der Waals surface area contributed by atoms with Gasteiger partial charge in [-0.05, 0) is 48.0 Å². The van der Waals surface area contributed by atoms with E-state index in [-0.39, 0.29) is 18.0 Å². The third kappa shape index (κ3) is 4.83. The van der Waals surface area contributed by atoms with Crippen LogP contribution in [0.3, 0.4) is 0 Å². The van der Waals surface area contributed by atoms with Crippen LogP contribution in [0.15, 0.2) is 70.4 Å². The maximum atomic E-state index is 12.5. The molecule has 10 heteroatoms. The summed E-state index contributed by atoms with van der Waals surface area (Å²) in [5, 5.41) is 6.84. The second-order valence-corrected chi connectivity index (χ2v) is 8.93. The molecule has 0 radical (unpaired) electrons. The van der Waals surface area contributed by atoms with E-state index in [1.54, 1.807) is 53.6 Å². The minimum atomic E-state index is -3.74. The molecule has 0 saturated carbocycles. The number of pyridine rings is 1. The summed E-state index contributed by atoms with van der Waals surface area (Å²) < 4.78 is 28.5. The van der Waals surface area contributed by atoms with E-state index in [9.17, 15) is 13.2 Å². The molecule has 2 heterocycles. The summed E-state index contributed by atoms with van der Waals surface area (Å²) in [6.07, 6.45) is 5.05. The number of nitrogens with zero attached hydrogens (tertiary/aromatic N) is 4. The molecule has 1 aromatic carbocycles. The maximum absolute atomic E-state index is 12.5. The lowest BCUT2D eigenvalue weighted by molar-refractivity contribution is -0.121. The van der Waals surface area contributed by atoms with Crippen molar-refractivity contribution in [2.45, 2.75) is 11.4 Å². The Morgan fingerprint density at radius 3 is 2.64 bits per heavy atom. The van der Waals surface area contributed by atoms with Crippen LogP contribution < -0.4 is 5.32 Å². The second-order valence-electron chi connectivity index (χ2n) is 5.96. The summed E-state index contributed by atoms with van der Waals surface area (Å²) in [4.78, 5) is 16.6. The molecule has 3 rings (SSSR count). The molecular formula is C18H18BrN5O3S. The van der Waals surface area contributed by atoms with Crippen molar-refractivity contribution in [1.82, 2.24) is 24.4 Å². The topological polar surface area (TPSA) is 97.2 Å². The Balaban J connectivity index is 1.60. The molecule has 0 unspecified atom stereocenters. The summed E-state index contributed by atoms with van der Waals surface area (Å²) in [5.74, 6) is 0.229. The Kier molecular flexibility index (Phi) is 6.22. The van der Waals surface area contributed by atoms with E-state index in [4.69, 9.17) is 0 Å². The SMILES string of the molecule is CN(CC(=O)NCc1ccnc(-n2cccn2)c1)S(=O)(=O)c1ccc(Br)cc1. The first-order valence-corrected chi connectivity index (χ1v) is 10.5. The smallest absolute Gasteiger partial charge is 0.243 e. The fourth-order valence-electron chi connectivity index (χ4n) is 2.43. The molecule has 1 amide bonds. The normalized spacial score (nSPS) is 11.5. The standard InChI is InChI=1S/C18H18BrN5O3S/c1-23(28(26,27)16-5-3-15(19)4-6-16)13-18(25)21-12-14-7-9-20-17(11-14)24-10-2-8-22-24/h2-11H,12-13H2,1H3,(H,21,25). The van der Waals surface area contributed by atoms with Gasteiger partial charge in [-0.15, -0.1) is 0 Å². The molecule has 0 spiro atoms. The van der Waals surface area contributed by atoms with E-state index in [0.717, 1.165) is 14.3 Å². The van der Waals surface area contributed by atoms with Gasteiger partial charge in [0.15, 0.2) is 5.82 Å². The molecule has 0 aliphatic carbocycles. The lowest BCUT2D eigenvalue weighted by Crippen LogP contribution is -2.38. The zero-order valence-electron chi connectivity index (χ0n) is 15.0. The minimum Gasteiger partial charge on any atom is -0.351 e. The number of sulfonamides is 1. The highest BCUT2D eigenvalue weighted by molar-refractivity contribution is 9.10. The Hall–Kier alpha value is -2.56. The van der Waals surface area contributed by atoms with Crippen molar-refractivity contribution in [2.24, 2.45) is 0 Å². The number of hydrogen-bond donors (Lipinski definition) is 1. The first-order chi connectivity index (χ1) is 13.4. The summed E-state index contributed by atoms with van der Waals surface area (Å²) in [6.45, 7) is -0.0305. The lowest BCUT2D eigenvalue weighted by atomic mass is 10.2. The molecule has 2 aromatic heterocycles. The highest BCUT2D eigenvalue weighted by Gasteiger charge is 2.22. The number of benzene rings is 1. The number of likely N-dealkylation sites (N-methyl/N-ethyl adjacent to an activating group) is 1. The number of nitrogens with one attached hydrogen (secondary N) is 1. The van der Waals surface area contributed by atoms with Crippen LogP contribution >= 0.6 is 15.9 Å². The predicted octanol–water partition coefficient (Wildman–Crippen LogP) is 1.97. The average Bonchev–Trinajstić information content (AvgIpc) is 3.22. The zero-order valence-corrected chi connectivity index (χ0v) is 17.4. The molecule has 1 N–H and O–H groups in total. The molecule has 0 atom stereocenters. The van der Waals surface area contributed by atoms with Crippen LogP contribution in [0.4, 0.5) is 0 Å². The molecule has 0 saturated heterocycles. The van der Waals surface area contributed by atoms with Crippen molar-refractivity contribution in [3.8, 4) is 5.82 Å². The number of carbonyl (C=O) groups is 1. The van der Waals surface area contributed by atoms with Crippen LogP contribution in [0.5, 0.6) is 0 Å². The number of hydrogen-bond acceptors (Lipinski definition) is 5. The molecule has 0 aliphatic rings. The van der Waals surface area contributed by atoms with Crippen molar-refractivity contribution in [3.63, 3.8) is 0 Å². The van der Waals surface area contributed by atoms with E-state index in [1.165, 1.54) is 19.2 Å². The number of halogens is 1. The van der Waals surface area contributed by atoms with Crippen molar-refractivity contribution in [2.75, 3.05) is 13.6 Å². The molecule has 0 aliphatic heterocycles. The van der Waals surface area contributed by atoms with Crippen LogP contribution in [0.2, 0.25) is 0 Å². The van der Waals surface area contributed by atoms with Gasteiger partial charge in [0.25, 0.3) is 0 Å². The first-order valence-electron chi connectivity index (χ1n) is 8.30. The van der Waals surface area contributed by atoms with Gasteiger partial charge in [0.1, 0.15) is 0 Å². The van der Waals surface area contributed by atoms with Crippen molar-refractivity contribution in [3.05, 3.63) is 71.1 Å². The molecule has 8 nitrogen and oxygen atoms in total. The van der Waals surface area contributed by atoms with Gasteiger partial charge in [-0.3, -0.25) is 4.79 Å². The Morgan fingerprint density at radius 1 is 1.21 bits per heavy atom. The maximum Gasteiger partial charge on any atom is 0.243 e. The molecule has 28 heavy (non-hydrogen) atoms. The van der Waals surface area contributed by atoms with Crippen molar-refractivity contribution >= 4 is 31.9 Å². The van der Waals surface area contributed by atoms with Gasteiger partial charge >= 0.3 is 0 Å². The van der Waals surface area contributed by atoms with Gasteiger partial charge in [0.05, 0.1) is 11.4 Å². The summed E-state index contributed by atoms with van der Waals surface area (Å²) in [5.41, 5.74) is 0.826. The number of rotatable bonds is 7. The van der Waals surface area contributed by atoms with E-state index < -0.39 is 15.9 Å². The fourth-order valence-corrected chi connectivity index (χ4v) is 3.82. The van der Waals surface area contributed by atoms with Crippen LogP contribution in [-0.4, -0.2) is 47.0 Å². The highest BCUT2D eigenvalue weighted by Crippen LogP contribution is 2.17. The van der Waals surface area contributed by atoms with E-state index in [1.807, 2.05) is 0 Å². The Labute approximate surface area is 171 Å². The molecule has 0 fully saturated rings. The quantitative estimate of drug-likeness (QED) is 0.577. The first kappa shape index (κ1) is 20.2. The van der Waals surface area contributed by atoms with Gasteiger partial charge in [-0.25, -0.2) is 18.1 Å². The number of amides is 1. The van der Waals surface area contributed by atoms with Gasteiger partial charge < -0.3 is 5.32 Å². The number of carbonyl (C=O) groups excluding carboxylic acids is 1. The summed E-state index contributed by atoms with van der Waals surface area (Å²) in [6, 6.07) is 11.6. The average molecular weight is 464 g/mol. The second kappa shape index (κ2) is 8.63. The highest BCUT2D eigenvalue weighted by atomic mass is 79.9. The van der Waals surface area contributed by atoms with E-state index in [2.05, 4.69) is 31.3 Å². The van der Waals surface area contributed by atoms with Crippen molar-refractivity contribution in [1.29, 1.82) is 0 Å². The molecule has 146 valence electrons. The Morgan fingerprint density at radius 2 is 1.96 bits per heavy atom. The summed E-state index contributed by atoms with van der Waals surface area (Å²) >= 11 is 3.27. The van der Waals surface area contributed by atoms with Gasteiger partial charge in [-0.1, -0.05) is 15.9 Å². The minimum absolute atomic E-state index is 0.129. The predicted molar refractivity (Wildman–Crippen MR) is 107 cm³/mol.